The molecule has 2 N–H and O–H groups in total. The molecule has 0 aliphatic carbocycles. The summed E-state index contributed by atoms with van der Waals surface area (Å²) in [5.74, 6) is 0. The number of fused-ring (bicyclic) bond motifs is 1. The number of aromatic nitrogens is 2. The summed E-state index contributed by atoms with van der Waals surface area (Å²) >= 11 is 6.56. The highest BCUT2D eigenvalue weighted by molar-refractivity contribution is 7.71. The molecule has 1 aliphatic rings. The molecule has 0 saturated carbocycles. The predicted octanol–water partition coefficient (Wildman–Crippen LogP) is 4.74. The van der Waals surface area contributed by atoms with Crippen LogP contribution in [0.25, 0.3) is 10.4 Å². The van der Waals surface area contributed by atoms with Crippen LogP contribution in [-0.2, 0) is 25.7 Å². The maximum atomic E-state index is 12.7. The Hall–Kier alpha value is -2.23. The molecule has 3 aromatic rings. The van der Waals surface area contributed by atoms with Gasteiger partial charge in [0.05, 0.1) is 11.1 Å². The number of thiophene rings is 1. The Kier molecular flexibility index (Phi) is 4.98. The quantitative estimate of drug-likeness (QED) is 0.599. The van der Waals surface area contributed by atoms with E-state index in [0.717, 1.165) is 46.1 Å². The fourth-order valence-corrected chi connectivity index (χ4v) is 4.58. The molecule has 4 rings (SSSR count). The first-order chi connectivity index (χ1) is 13.3. The number of alkyl halides is 3. The SMILES string of the molecule is O=c1[nH]c(=S)[nH]c2c1CN(Cc1ccc(-c3ccc(C(F)(F)F)cc3)s1)CC2. The predicted molar refractivity (Wildman–Crippen MR) is 105 cm³/mol. The lowest BCUT2D eigenvalue weighted by atomic mass is 10.1. The Morgan fingerprint density at radius 2 is 1.86 bits per heavy atom. The standard InChI is InChI=1S/C19H16F3N3OS2/c20-19(21,22)12-3-1-11(2-4-12)16-6-5-13(28-16)9-25-8-7-15-14(10-25)17(26)24-18(27)23-15/h1-6H,7-10H2,(H2,23,24,26,27). The van der Waals surface area contributed by atoms with E-state index in [9.17, 15) is 18.0 Å². The van der Waals surface area contributed by atoms with Crippen molar-refractivity contribution < 1.29 is 13.2 Å². The van der Waals surface area contributed by atoms with Gasteiger partial charge in [0.15, 0.2) is 4.77 Å². The van der Waals surface area contributed by atoms with Crippen molar-refractivity contribution in [3.8, 4) is 10.4 Å². The van der Waals surface area contributed by atoms with Crippen LogP contribution in [0.1, 0.15) is 21.7 Å². The molecule has 0 radical (unpaired) electrons. The van der Waals surface area contributed by atoms with E-state index >= 15 is 0 Å². The fourth-order valence-electron chi connectivity index (χ4n) is 3.31. The summed E-state index contributed by atoms with van der Waals surface area (Å²) in [5.41, 5.74) is 1.56. The van der Waals surface area contributed by atoms with Gasteiger partial charge in [-0.05, 0) is 42.0 Å². The Morgan fingerprint density at radius 1 is 1.11 bits per heavy atom. The Morgan fingerprint density at radius 3 is 2.57 bits per heavy atom. The van der Waals surface area contributed by atoms with Crippen molar-refractivity contribution in [3.63, 3.8) is 0 Å². The molecule has 0 bridgehead atoms. The van der Waals surface area contributed by atoms with E-state index in [-0.39, 0.29) is 5.56 Å². The molecule has 0 unspecified atom stereocenters. The summed E-state index contributed by atoms with van der Waals surface area (Å²) < 4.78 is 38.5. The van der Waals surface area contributed by atoms with Crippen molar-refractivity contribution in [2.75, 3.05) is 6.54 Å². The van der Waals surface area contributed by atoms with Gasteiger partial charge in [-0.25, -0.2) is 0 Å². The highest BCUT2D eigenvalue weighted by Crippen LogP contribution is 2.33. The van der Waals surface area contributed by atoms with E-state index in [4.69, 9.17) is 12.2 Å². The third-order valence-electron chi connectivity index (χ3n) is 4.73. The van der Waals surface area contributed by atoms with Gasteiger partial charge in [-0.1, -0.05) is 12.1 Å². The Balaban J connectivity index is 1.48. The van der Waals surface area contributed by atoms with Gasteiger partial charge in [0.2, 0.25) is 0 Å². The average molecular weight is 423 g/mol. The normalized spacial score (nSPS) is 14.8. The molecular formula is C19H16F3N3OS2. The smallest absolute Gasteiger partial charge is 0.335 e. The molecule has 0 amide bonds. The van der Waals surface area contributed by atoms with Crippen LogP contribution < -0.4 is 5.56 Å². The first-order valence-corrected chi connectivity index (χ1v) is 9.85. The summed E-state index contributed by atoms with van der Waals surface area (Å²) in [4.78, 5) is 22.0. The second kappa shape index (κ2) is 7.31. The number of H-pyrrole nitrogens is 2. The molecule has 0 fully saturated rings. The minimum atomic E-state index is -4.33. The molecule has 28 heavy (non-hydrogen) atoms. The second-order valence-electron chi connectivity index (χ2n) is 6.67. The Labute approximate surface area is 167 Å². The number of nitrogens with zero attached hydrogens (tertiary/aromatic N) is 1. The van der Waals surface area contributed by atoms with Crippen molar-refractivity contribution in [3.05, 3.63) is 73.2 Å². The molecule has 1 aromatic carbocycles. The van der Waals surface area contributed by atoms with Crippen LogP contribution >= 0.6 is 23.6 Å². The summed E-state index contributed by atoms with van der Waals surface area (Å²) in [6.45, 7) is 2.01. The van der Waals surface area contributed by atoms with Crippen LogP contribution in [0, 0.1) is 4.77 Å². The first-order valence-electron chi connectivity index (χ1n) is 8.62. The van der Waals surface area contributed by atoms with Crippen LogP contribution in [0.5, 0.6) is 0 Å². The topological polar surface area (TPSA) is 51.9 Å². The number of hydrogen-bond donors (Lipinski definition) is 2. The number of rotatable bonds is 3. The van der Waals surface area contributed by atoms with Crippen LogP contribution in [-0.4, -0.2) is 21.4 Å². The van der Waals surface area contributed by atoms with Crippen molar-refractivity contribution in [1.29, 1.82) is 0 Å². The van der Waals surface area contributed by atoms with Gasteiger partial charge in [-0.3, -0.25) is 14.7 Å². The lowest BCUT2D eigenvalue weighted by molar-refractivity contribution is -0.137. The van der Waals surface area contributed by atoms with Gasteiger partial charge in [0, 0.05) is 41.5 Å². The molecule has 3 heterocycles. The summed E-state index contributed by atoms with van der Waals surface area (Å²) in [6, 6.07) is 9.11. The van der Waals surface area contributed by atoms with E-state index in [1.165, 1.54) is 12.1 Å². The summed E-state index contributed by atoms with van der Waals surface area (Å²) in [6.07, 6.45) is -3.61. The number of halogens is 3. The maximum Gasteiger partial charge on any atom is 0.416 e. The average Bonchev–Trinajstić information content (AvgIpc) is 3.10. The lowest BCUT2D eigenvalue weighted by Crippen LogP contribution is -2.35. The van der Waals surface area contributed by atoms with Crippen molar-refractivity contribution in [2.45, 2.75) is 25.7 Å². The molecule has 146 valence electrons. The molecule has 4 nitrogen and oxygen atoms in total. The van der Waals surface area contributed by atoms with Crippen molar-refractivity contribution in [1.82, 2.24) is 14.9 Å². The van der Waals surface area contributed by atoms with Crippen LogP contribution in [0.4, 0.5) is 13.2 Å². The van der Waals surface area contributed by atoms with Crippen molar-refractivity contribution >= 4 is 23.6 Å². The minimum absolute atomic E-state index is 0.153. The number of nitrogens with one attached hydrogen (secondary N) is 2. The Bertz CT molecular complexity index is 1110. The number of aromatic amines is 2. The van der Waals surface area contributed by atoms with Gasteiger partial charge in [-0.15, -0.1) is 11.3 Å². The summed E-state index contributed by atoms with van der Waals surface area (Å²) in [7, 11) is 0. The minimum Gasteiger partial charge on any atom is -0.335 e. The largest absolute Gasteiger partial charge is 0.416 e. The van der Waals surface area contributed by atoms with Gasteiger partial charge >= 0.3 is 6.18 Å². The highest BCUT2D eigenvalue weighted by Gasteiger charge is 2.30. The van der Waals surface area contributed by atoms with Crippen LogP contribution in [0.3, 0.4) is 0 Å². The zero-order chi connectivity index (χ0) is 19.9. The molecule has 2 aromatic heterocycles. The van der Waals surface area contributed by atoms with E-state index in [1.807, 2.05) is 12.1 Å². The van der Waals surface area contributed by atoms with E-state index in [1.54, 1.807) is 11.3 Å². The highest BCUT2D eigenvalue weighted by atomic mass is 32.1. The monoisotopic (exact) mass is 423 g/mol. The van der Waals surface area contributed by atoms with E-state index < -0.39 is 11.7 Å². The zero-order valence-electron chi connectivity index (χ0n) is 14.6. The fraction of sp³-hybridized carbons (Fsp3) is 0.263. The van der Waals surface area contributed by atoms with Gasteiger partial charge in [0.25, 0.3) is 5.56 Å². The molecular weight excluding hydrogens is 407 g/mol. The molecule has 0 spiro atoms. The van der Waals surface area contributed by atoms with Crippen LogP contribution in [0.15, 0.2) is 41.2 Å². The third kappa shape index (κ3) is 3.96. The second-order valence-corrected chi connectivity index (χ2v) is 8.24. The maximum absolute atomic E-state index is 12.7. The molecule has 0 atom stereocenters. The van der Waals surface area contributed by atoms with E-state index in [2.05, 4.69) is 14.9 Å². The molecule has 0 saturated heterocycles. The van der Waals surface area contributed by atoms with Gasteiger partial charge < -0.3 is 4.98 Å². The van der Waals surface area contributed by atoms with Gasteiger partial charge in [0.1, 0.15) is 0 Å². The van der Waals surface area contributed by atoms with E-state index in [0.29, 0.717) is 23.4 Å². The molecule has 1 aliphatic heterocycles. The number of hydrogen-bond acceptors (Lipinski definition) is 4. The summed E-state index contributed by atoms with van der Waals surface area (Å²) in [5, 5.41) is 0. The lowest BCUT2D eigenvalue weighted by Gasteiger charge is -2.27. The first kappa shape index (κ1) is 19.1. The van der Waals surface area contributed by atoms with Gasteiger partial charge in [-0.2, -0.15) is 13.2 Å². The molecule has 9 heteroatoms. The third-order valence-corrected chi connectivity index (χ3v) is 6.05. The number of benzene rings is 1. The van der Waals surface area contributed by atoms with Crippen LogP contribution in [0.2, 0.25) is 0 Å². The van der Waals surface area contributed by atoms with Crippen molar-refractivity contribution in [2.24, 2.45) is 0 Å². The zero-order valence-corrected chi connectivity index (χ0v) is 16.2.